The van der Waals surface area contributed by atoms with E-state index in [0.29, 0.717) is 5.69 Å². The molecule has 0 unspecified atom stereocenters. The van der Waals surface area contributed by atoms with Gasteiger partial charge in [-0.05, 0) is 54.8 Å². The van der Waals surface area contributed by atoms with E-state index >= 15 is 0 Å². The number of carbonyl (C=O) groups is 2. The third kappa shape index (κ3) is 3.84. The molecule has 0 spiro atoms. The Morgan fingerprint density at radius 3 is 2.27 bits per heavy atom. The number of nitrogens with one attached hydrogen (secondary N) is 1. The van der Waals surface area contributed by atoms with Crippen LogP contribution in [-0.2, 0) is 16.0 Å². The number of hydrogen-bond donors (Lipinski definition) is 1. The fourth-order valence-corrected chi connectivity index (χ4v) is 3.19. The van der Waals surface area contributed by atoms with Gasteiger partial charge in [0.05, 0.1) is 5.69 Å². The molecule has 0 aliphatic carbocycles. The van der Waals surface area contributed by atoms with E-state index in [1.165, 1.54) is 5.56 Å². The molecule has 0 atom stereocenters. The van der Waals surface area contributed by atoms with Gasteiger partial charge in [0, 0.05) is 10.2 Å². The summed E-state index contributed by atoms with van der Waals surface area (Å²) >= 11 is 9.48. The lowest BCUT2D eigenvalue weighted by molar-refractivity contribution is -0.120. The van der Waals surface area contributed by atoms with Crippen LogP contribution in [0.1, 0.15) is 25.3 Å². The summed E-state index contributed by atoms with van der Waals surface area (Å²) in [5.74, 6) is -0.988. The quantitative estimate of drug-likeness (QED) is 0.635. The fourth-order valence-electron chi connectivity index (χ4n) is 2.72. The summed E-state index contributed by atoms with van der Waals surface area (Å²) in [6, 6.07) is 14.7. The third-order valence-corrected chi connectivity index (χ3v) is 5.03. The fraction of sp³-hybridized carbons (Fsp3) is 0.200. The Balaban J connectivity index is 1.78. The van der Waals surface area contributed by atoms with Crippen LogP contribution in [0.3, 0.4) is 0 Å². The Bertz CT molecular complexity index is 860. The van der Waals surface area contributed by atoms with Crippen molar-refractivity contribution >= 4 is 50.7 Å². The van der Waals surface area contributed by atoms with E-state index in [9.17, 15) is 9.59 Å². The van der Waals surface area contributed by atoms with Gasteiger partial charge in [0.1, 0.15) is 10.7 Å². The topological polar surface area (TPSA) is 49.4 Å². The van der Waals surface area contributed by atoms with Gasteiger partial charge in [-0.3, -0.25) is 9.59 Å². The first-order valence-corrected chi connectivity index (χ1v) is 9.58. The van der Waals surface area contributed by atoms with E-state index in [0.717, 1.165) is 34.3 Å². The van der Waals surface area contributed by atoms with Crippen molar-refractivity contribution in [1.29, 1.82) is 0 Å². The number of aryl methyl sites for hydroxylation is 1. The monoisotopic (exact) mass is 432 g/mol. The maximum atomic E-state index is 12.7. The first-order chi connectivity index (χ1) is 12.5. The van der Waals surface area contributed by atoms with E-state index in [1.54, 1.807) is 24.3 Å². The number of halogens is 2. The normalized spacial score (nSPS) is 14.3. The van der Waals surface area contributed by atoms with Crippen LogP contribution < -0.4 is 10.2 Å². The summed E-state index contributed by atoms with van der Waals surface area (Å²) < 4.78 is 0.862. The number of unbranched alkanes of at least 4 members (excludes halogenated alkanes) is 1. The maximum Gasteiger partial charge on any atom is 0.283 e. The van der Waals surface area contributed by atoms with E-state index in [2.05, 4.69) is 28.2 Å². The largest absolute Gasteiger partial charge is 0.350 e. The van der Waals surface area contributed by atoms with Gasteiger partial charge in [-0.1, -0.05) is 53.0 Å². The molecule has 4 nitrogen and oxygen atoms in total. The molecule has 2 amide bonds. The van der Waals surface area contributed by atoms with Gasteiger partial charge in [-0.25, -0.2) is 4.90 Å². The molecule has 1 aliphatic rings. The number of amides is 2. The minimum atomic E-state index is -0.527. The van der Waals surface area contributed by atoms with Gasteiger partial charge < -0.3 is 5.32 Å². The molecular formula is C20H18BrClN2O2. The van der Waals surface area contributed by atoms with E-state index in [-0.39, 0.29) is 10.7 Å². The second-order valence-electron chi connectivity index (χ2n) is 6.04. The highest BCUT2D eigenvalue weighted by Crippen LogP contribution is 2.30. The number of hydrogen-bond acceptors (Lipinski definition) is 3. The molecule has 26 heavy (non-hydrogen) atoms. The first-order valence-electron chi connectivity index (χ1n) is 8.41. The van der Waals surface area contributed by atoms with Gasteiger partial charge >= 0.3 is 0 Å². The minimum Gasteiger partial charge on any atom is -0.350 e. The molecule has 2 aromatic rings. The number of carbonyl (C=O) groups excluding carboxylic acids is 2. The molecule has 0 bridgehead atoms. The van der Waals surface area contributed by atoms with Gasteiger partial charge in [0.15, 0.2) is 0 Å². The highest BCUT2D eigenvalue weighted by Gasteiger charge is 2.38. The summed E-state index contributed by atoms with van der Waals surface area (Å²) in [5.41, 5.74) is 2.54. The zero-order chi connectivity index (χ0) is 18.7. The van der Waals surface area contributed by atoms with Crippen LogP contribution in [-0.4, -0.2) is 11.8 Å². The van der Waals surface area contributed by atoms with Crippen molar-refractivity contribution in [3.8, 4) is 0 Å². The third-order valence-electron chi connectivity index (χ3n) is 4.15. The van der Waals surface area contributed by atoms with Crippen LogP contribution in [0.5, 0.6) is 0 Å². The van der Waals surface area contributed by atoms with Gasteiger partial charge in [-0.2, -0.15) is 0 Å². The number of rotatable bonds is 6. The zero-order valence-corrected chi connectivity index (χ0v) is 16.6. The van der Waals surface area contributed by atoms with Gasteiger partial charge in [0.25, 0.3) is 11.8 Å². The molecule has 0 fully saturated rings. The predicted octanol–water partition coefficient (Wildman–Crippen LogP) is 5.23. The molecule has 1 heterocycles. The number of nitrogens with zero attached hydrogens (tertiary/aromatic N) is 1. The molecule has 0 aromatic heterocycles. The summed E-state index contributed by atoms with van der Waals surface area (Å²) in [6.45, 7) is 2.16. The van der Waals surface area contributed by atoms with Crippen molar-refractivity contribution in [3.05, 3.63) is 69.3 Å². The molecule has 1 N–H and O–H groups in total. The Kier molecular flexibility index (Phi) is 5.79. The molecule has 6 heteroatoms. The number of benzene rings is 2. The second-order valence-corrected chi connectivity index (χ2v) is 7.33. The number of imide groups is 1. The average molecular weight is 434 g/mol. The van der Waals surface area contributed by atoms with Crippen LogP contribution in [0, 0.1) is 0 Å². The van der Waals surface area contributed by atoms with Gasteiger partial charge in [0.2, 0.25) is 0 Å². The summed E-state index contributed by atoms with van der Waals surface area (Å²) in [7, 11) is 0. The van der Waals surface area contributed by atoms with E-state index < -0.39 is 11.8 Å². The Hall–Kier alpha value is -2.11. The highest BCUT2D eigenvalue weighted by molar-refractivity contribution is 9.10. The van der Waals surface area contributed by atoms with Crippen LogP contribution in [0.25, 0.3) is 0 Å². The van der Waals surface area contributed by atoms with Crippen LogP contribution in [0.4, 0.5) is 11.4 Å². The van der Waals surface area contributed by atoms with Crippen molar-refractivity contribution in [2.75, 3.05) is 10.2 Å². The lowest BCUT2D eigenvalue weighted by Crippen LogP contribution is -2.32. The number of anilines is 2. The first kappa shape index (κ1) is 18.7. The second kappa shape index (κ2) is 8.06. The Morgan fingerprint density at radius 2 is 1.65 bits per heavy atom. The lowest BCUT2D eigenvalue weighted by atomic mass is 10.1. The summed E-state index contributed by atoms with van der Waals surface area (Å²) in [6.07, 6.45) is 3.30. The van der Waals surface area contributed by atoms with Crippen LogP contribution >= 0.6 is 27.5 Å². The van der Waals surface area contributed by atoms with E-state index in [1.807, 2.05) is 24.3 Å². The SMILES string of the molecule is CCCCc1ccc(NC2=C(Cl)C(=O)N(c3ccc(Br)cc3)C2=O)cc1. The van der Waals surface area contributed by atoms with Crippen LogP contribution in [0.15, 0.2) is 63.7 Å². The maximum absolute atomic E-state index is 12.7. The Morgan fingerprint density at radius 1 is 1.00 bits per heavy atom. The molecule has 0 saturated heterocycles. The van der Waals surface area contributed by atoms with Crippen molar-refractivity contribution in [2.24, 2.45) is 0 Å². The molecule has 1 aliphatic heterocycles. The minimum absolute atomic E-state index is 0.0980. The molecular weight excluding hydrogens is 416 g/mol. The van der Waals surface area contributed by atoms with Crippen molar-refractivity contribution in [1.82, 2.24) is 0 Å². The molecule has 0 saturated carbocycles. The average Bonchev–Trinajstić information content (AvgIpc) is 2.85. The standard InChI is InChI=1S/C20H18BrClN2O2/c1-2-3-4-13-5-9-15(10-6-13)23-18-17(22)19(25)24(20(18)26)16-11-7-14(21)8-12-16/h5-12,23H,2-4H2,1H3. The smallest absolute Gasteiger partial charge is 0.283 e. The molecule has 134 valence electrons. The molecule has 2 aromatic carbocycles. The highest BCUT2D eigenvalue weighted by atomic mass is 79.9. The lowest BCUT2D eigenvalue weighted by Gasteiger charge is -2.15. The summed E-state index contributed by atoms with van der Waals surface area (Å²) in [4.78, 5) is 26.2. The Labute approximate surface area is 166 Å². The molecule has 0 radical (unpaired) electrons. The van der Waals surface area contributed by atoms with Crippen molar-refractivity contribution < 1.29 is 9.59 Å². The van der Waals surface area contributed by atoms with E-state index in [4.69, 9.17) is 11.6 Å². The van der Waals surface area contributed by atoms with Gasteiger partial charge in [-0.15, -0.1) is 0 Å². The van der Waals surface area contributed by atoms with Crippen LogP contribution in [0.2, 0.25) is 0 Å². The van der Waals surface area contributed by atoms with Crippen molar-refractivity contribution in [2.45, 2.75) is 26.2 Å². The molecule has 3 rings (SSSR count). The van der Waals surface area contributed by atoms with Crippen molar-refractivity contribution in [3.63, 3.8) is 0 Å². The predicted molar refractivity (Wildman–Crippen MR) is 108 cm³/mol. The summed E-state index contributed by atoms with van der Waals surface area (Å²) in [5, 5.41) is 2.89. The zero-order valence-electron chi connectivity index (χ0n) is 14.3.